The molecular formula is C10H16N2. The molecule has 2 saturated carbocycles. The smallest absolute Gasteiger partial charge is 0.162 e. The molecule has 3 rings (SSSR count). The Morgan fingerprint density at radius 2 is 2.08 bits per heavy atom. The van der Waals surface area contributed by atoms with Gasteiger partial charge >= 0.3 is 0 Å². The van der Waals surface area contributed by atoms with E-state index in [1.54, 1.807) is 0 Å². The summed E-state index contributed by atoms with van der Waals surface area (Å²) in [5.74, 6) is 7.86. The van der Waals surface area contributed by atoms with Crippen molar-refractivity contribution in [1.82, 2.24) is 0 Å². The van der Waals surface area contributed by atoms with Gasteiger partial charge in [-0.05, 0) is 25.7 Å². The summed E-state index contributed by atoms with van der Waals surface area (Å²) < 4.78 is 1.84. The number of hydrogen-bond donors (Lipinski definition) is 0. The zero-order valence-electron chi connectivity index (χ0n) is 7.47. The molecule has 0 radical (unpaired) electrons. The van der Waals surface area contributed by atoms with Gasteiger partial charge in [0, 0.05) is 12.8 Å². The maximum atomic E-state index is 7.86. The van der Waals surface area contributed by atoms with E-state index in [0.717, 1.165) is 0 Å². The highest BCUT2D eigenvalue weighted by atomic mass is 15.4. The second-order valence-electron chi connectivity index (χ2n) is 4.59. The highest BCUT2D eigenvalue weighted by molar-refractivity contribution is 5.90. The standard InChI is InChI=1S/C10H16N2/c11-12-8-4-1-2-6-10(8)7-3-5-9(10)12/h9,11H,1-7H2. The van der Waals surface area contributed by atoms with Crippen LogP contribution in [0.25, 0.3) is 5.84 Å². The first-order valence-corrected chi connectivity index (χ1v) is 5.21. The normalized spacial score (nSPS) is 45.2. The van der Waals surface area contributed by atoms with E-state index >= 15 is 0 Å². The van der Waals surface area contributed by atoms with Gasteiger partial charge in [0.25, 0.3) is 0 Å². The molecule has 2 heteroatoms. The molecule has 1 heterocycles. The first kappa shape index (κ1) is 6.93. The molecule has 3 aliphatic rings. The average molecular weight is 164 g/mol. The van der Waals surface area contributed by atoms with Crippen LogP contribution in [-0.2, 0) is 0 Å². The quantitative estimate of drug-likeness (QED) is 0.492. The van der Waals surface area contributed by atoms with Crippen molar-refractivity contribution in [1.29, 1.82) is 0 Å². The van der Waals surface area contributed by atoms with Gasteiger partial charge in [-0.15, -0.1) is 0 Å². The lowest BCUT2D eigenvalue weighted by Gasteiger charge is -2.46. The lowest BCUT2D eigenvalue weighted by atomic mass is 9.64. The van der Waals surface area contributed by atoms with Crippen LogP contribution in [0, 0.1) is 5.41 Å². The predicted molar refractivity (Wildman–Crippen MR) is 48.1 cm³/mol. The highest BCUT2D eigenvalue weighted by Gasteiger charge is 2.62. The van der Waals surface area contributed by atoms with Crippen molar-refractivity contribution in [3.63, 3.8) is 0 Å². The fourth-order valence-electron chi connectivity index (χ4n) is 3.67. The largest absolute Gasteiger partial charge is 0.454 e. The first-order chi connectivity index (χ1) is 5.84. The minimum Gasteiger partial charge on any atom is -0.454 e. The highest BCUT2D eigenvalue weighted by Crippen LogP contribution is 2.54. The topological polar surface area (TPSA) is 26.8 Å². The van der Waals surface area contributed by atoms with Crippen LogP contribution < -0.4 is 0 Å². The summed E-state index contributed by atoms with van der Waals surface area (Å²) in [7, 11) is 0. The fourth-order valence-corrected chi connectivity index (χ4v) is 3.67. The number of nitrogens with zero attached hydrogens (tertiary/aromatic N) is 1. The monoisotopic (exact) mass is 164 g/mol. The van der Waals surface area contributed by atoms with E-state index in [-0.39, 0.29) is 0 Å². The SMILES string of the molecule is [NH-][N+]1=C2CCCCC23CCCC13. The molecule has 0 saturated heterocycles. The van der Waals surface area contributed by atoms with E-state index in [1.807, 2.05) is 4.68 Å². The van der Waals surface area contributed by atoms with E-state index < -0.39 is 0 Å². The first-order valence-electron chi connectivity index (χ1n) is 5.21. The van der Waals surface area contributed by atoms with Crippen molar-refractivity contribution in [2.75, 3.05) is 0 Å². The Morgan fingerprint density at radius 3 is 3.00 bits per heavy atom. The van der Waals surface area contributed by atoms with Crippen LogP contribution in [0.5, 0.6) is 0 Å². The molecule has 0 aromatic carbocycles. The Balaban J connectivity index is 2.03. The zero-order chi connectivity index (χ0) is 8.18. The molecule has 1 aliphatic heterocycles. The van der Waals surface area contributed by atoms with E-state index in [9.17, 15) is 0 Å². The second-order valence-corrected chi connectivity index (χ2v) is 4.59. The summed E-state index contributed by atoms with van der Waals surface area (Å²) in [6.45, 7) is 0. The van der Waals surface area contributed by atoms with Crippen molar-refractivity contribution < 1.29 is 4.68 Å². The third-order valence-electron chi connectivity index (χ3n) is 4.20. The Morgan fingerprint density at radius 1 is 1.25 bits per heavy atom. The average Bonchev–Trinajstić information content (AvgIpc) is 2.43. The lowest BCUT2D eigenvalue weighted by Crippen LogP contribution is -2.58. The zero-order valence-corrected chi connectivity index (χ0v) is 7.47. The fraction of sp³-hybridized carbons (Fsp3) is 0.900. The van der Waals surface area contributed by atoms with E-state index in [2.05, 4.69) is 0 Å². The molecule has 1 N–H and O–H groups in total. The molecule has 2 aliphatic carbocycles. The Bertz CT molecular complexity index is 257. The summed E-state index contributed by atoms with van der Waals surface area (Å²) in [6.07, 6.45) is 9.40. The number of nitrogens with one attached hydrogen (secondary N) is 1. The minimum absolute atomic E-state index is 0.556. The van der Waals surface area contributed by atoms with Crippen molar-refractivity contribution in [2.24, 2.45) is 5.41 Å². The van der Waals surface area contributed by atoms with E-state index in [4.69, 9.17) is 5.84 Å². The van der Waals surface area contributed by atoms with E-state index in [0.29, 0.717) is 11.5 Å². The van der Waals surface area contributed by atoms with Gasteiger partial charge < -0.3 is 5.84 Å². The van der Waals surface area contributed by atoms with Crippen LogP contribution in [0.3, 0.4) is 0 Å². The van der Waals surface area contributed by atoms with Crippen molar-refractivity contribution in [3.8, 4) is 0 Å². The van der Waals surface area contributed by atoms with Gasteiger partial charge in [-0.1, -0.05) is 6.42 Å². The van der Waals surface area contributed by atoms with Gasteiger partial charge in [-0.25, -0.2) is 0 Å². The van der Waals surface area contributed by atoms with Crippen LogP contribution >= 0.6 is 0 Å². The molecule has 0 aromatic heterocycles. The third kappa shape index (κ3) is 0.572. The van der Waals surface area contributed by atoms with Crippen LogP contribution in [0.15, 0.2) is 0 Å². The van der Waals surface area contributed by atoms with Crippen LogP contribution in [-0.4, -0.2) is 16.4 Å². The van der Waals surface area contributed by atoms with Crippen molar-refractivity contribution in [2.45, 2.75) is 51.0 Å². The Hall–Kier alpha value is -0.530. The number of rotatable bonds is 0. The predicted octanol–water partition coefficient (Wildman–Crippen LogP) is 2.53. The Kier molecular flexibility index (Phi) is 1.18. The summed E-state index contributed by atoms with van der Waals surface area (Å²) in [6, 6.07) is 0.618. The van der Waals surface area contributed by atoms with Gasteiger partial charge in [0.2, 0.25) is 0 Å². The van der Waals surface area contributed by atoms with Gasteiger partial charge in [0.05, 0.1) is 0 Å². The molecule has 2 unspecified atom stereocenters. The van der Waals surface area contributed by atoms with Gasteiger partial charge in [-0.3, -0.25) is 4.68 Å². The van der Waals surface area contributed by atoms with Crippen LogP contribution in [0.4, 0.5) is 0 Å². The van der Waals surface area contributed by atoms with E-state index in [1.165, 1.54) is 50.7 Å². The van der Waals surface area contributed by atoms with Crippen molar-refractivity contribution >= 4 is 5.71 Å². The number of hydrogen-bond acceptors (Lipinski definition) is 0. The van der Waals surface area contributed by atoms with Gasteiger partial charge in [-0.2, -0.15) is 0 Å². The van der Waals surface area contributed by atoms with Gasteiger partial charge in [0.15, 0.2) is 11.8 Å². The van der Waals surface area contributed by atoms with Crippen LogP contribution in [0.1, 0.15) is 44.9 Å². The summed E-state index contributed by atoms with van der Waals surface area (Å²) in [5, 5.41) is 0. The molecule has 0 aromatic rings. The molecule has 1 spiro atoms. The molecule has 12 heavy (non-hydrogen) atoms. The summed E-state index contributed by atoms with van der Waals surface area (Å²) >= 11 is 0. The minimum atomic E-state index is 0.556. The molecule has 66 valence electrons. The molecule has 2 nitrogen and oxygen atoms in total. The maximum absolute atomic E-state index is 7.86. The molecule has 0 bridgehead atoms. The van der Waals surface area contributed by atoms with Gasteiger partial charge in [0.1, 0.15) is 5.41 Å². The summed E-state index contributed by atoms with van der Waals surface area (Å²) in [4.78, 5) is 0. The molecular weight excluding hydrogens is 148 g/mol. The maximum Gasteiger partial charge on any atom is 0.162 e. The molecule has 0 amide bonds. The Labute approximate surface area is 73.4 Å². The third-order valence-corrected chi connectivity index (χ3v) is 4.20. The molecule has 2 fully saturated rings. The van der Waals surface area contributed by atoms with Crippen molar-refractivity contribution in [3.05, 3.63) is 5.84 Å². The second kappa shape index (κ2) is 2.04. The molecule has 2 atom stereocenters. The van der Waals surface area contributed by atoms with Crippen LogP contribution in [0.2, 0.25) is 0 Å². The summed E-state index contributed by atoms with van der Waals surface area (Å²) in [5.41, 5.74) is 2.04. The lowest BCUT2D eigenvalue weighted by molar-refractivity contribution is -0.558.